The van der Waals surface area contributed by atoms with Gasteiger partial charge < -0.3 is 9.84 Å². The molecule has 1 heterocycles. The van der Waals surface area contributed by atoms with Gasteiger partial charge in [0.15, 0.2) is 0 Å². The SMILES string of the molecule is OC(CCCC1CCCO1)c1cc(Br)ccc1Cl. The summed E-state index contributed by atoms with van der Waals surface area (Å²) in [5.41, 5.74) is 0.804. The zero-order chi connectivity index (χ0) is 13.0. The van der Waals surface area contributed by atoms with Gasteiger partial charge in [-0.15, -0.1) is 0 Å². The van der Waals surface area contributed by atoms with Gasteiger partial charge in [-0.05, 0) is 50.3 Å². The smallest absolute Gasteiger partial charge is 0.0804 e. The van der Waals surface area contributed by atoms with Crippen molar-refractivity contribution in [1.29, 1.82) is 0 Å². The van der Waals surface area contributed by atoms with Gasteiger partial charge in [0.05, 0.1) is 12.2 Å². The van der Waals surface area contributed by atoms with E-state index in [2.05, 4.69) is 15.9 Å². The molecule has 1 aromatic rings. The highest BCUT2D eigenvalue weighted by Crippen LogP contribution is 2.30. The van der Waals surface area contributed by atoms with E-state index in [9.17, 15) is 5.11 Å². The van der Waals surface area contributed by atoms with Crippen LogP contribution < -0.4 is 0 Å². The van der Waals surface area contributed by atoms with Crippen molar-refractivity contribution in [2.45, 2.75) is 44.3 Å². The van der Waals surface area contributed by atoms with Crippen molar-refractivity contribution >= 4 is 27.5 Å². The third-order valence-corrected chi connectivity index (χ3v) is 4.18. The van der Waals surface area contributed by atoms with Gasteiger partial charge in [0.25, 0.3) is 0 Å². The summed E-state index contributed by atoms with van der Waals surface area (Å²) in [6, 6.07) is 5.58. The summed E-state index contributed by atoms with van der Waals surface area (Å²) in [7, 11) is 0. The molecular formula is C14H18BrClO2. The molecule has 0 aliphatic carbocycles. The maximum Gasteiger partial charge on any atom is 0.0804 e. The van der Waals surface area contributed by atoms with Crippen LogP contribution in [-0.2, 0) is 4.74 Å². The molecule has 2 unspecified atom stereocenters. The average molecular weight is 334 g/mol. The molecule has 100 valence electrons. The Bertz CT molecular complexity index is 391. The Hall–Kier alpha value is -0.0900. The highest BCUT2D eigenvalue weighted by Gasteiger charge is 2.17. The van der Waals surface area contributed by atoms with Crippen LogP contribution in [0.25, 0.3) is 0 Å². The molecule has 1 N–H and O–H groups in total. The van der Waals surface area contributed by atoms with Crippen LogP contribution in [0.2, 0.25) is 5.02 Å². The second-order valence-electron chi connectivity index (χ2n) is 4.75. The Morgan fingerprint density at radius 1 is 1.50 bits per heavy atom. The van der Waals surface area contributed by atoms with Crippen LogP contribution in [0.3, 0.4) is 0 Å². The van der Waals surface area contributed by atoms with E-state index in [1.807, 2.05) is 18.2 Å². The van der Waals surface area contributed by atoms with Crippen molar-refractivity contribution in [2.24, 2.45) is 0 Å². The van der Waals surface area contributed by atoms with Crippen LogP contribution in [0.15, 0.2) is 22.7 Å². The molecule has 0 spiro atoms. The van der Waals surface area contributed by atoms with Gasteiger partial charge >= 0.3 is 0 Å². The van der Waals surface area contributed by atoms with Crippen molar-refractivity contribution in [3.63, 3.8) is 0 Å². The fraction of sp³-hybridized carbons (Fsp3) is 0.571. The number of hydrogen-bond donors (Lipinski definition) is 1. The predicted octanol–water partition coefficient (Wildman–Crippen LogP) is 4.49. The molecule has 0 saturated carbocycles. The van der Waals surface area contributed by atoms with Gasteiger partial charge in [-0.1, -0.05) is 27.5 Å². The Morgan fingerprint density at radius 3 is 3.06 bits per heavy atom. The average Bonchev–Trinajstić information content (AvgIpc) is 2.85. The molecule has 0 aromatic heterocycles. The van der Waals surface area contributed by atoms with Crippen molar-refractivity contribution in [2.75, 3.05) is 6.61 Å². The molecule has 0 bridgehead atoms. The molecule has 4 heteroatoms. The second-order valence-corrected chi connectivity index (χ2v) is 6.07. The number of hydrogen-bond acceptors (Lipinski definition) is 2. The Balaban J connectivity index is 1.83. The third-order valence-electron chi connectivity index (χ3n) is 3.34. The number of aliphatic hydroxyl groups excluding tert-OH is 1. The fourth-order valence-electron chi connectivity index (χ4n) is 2.34. The first kappa shape index (κ1) is 14.3. The van der Waals surface area contributed by atoms with Crippen LogP contribution in [0.1, 0.15) is 43.8 Å². The zero-order valence-electron chi connectivity index (χ0n) is 10.2. The van der Waals surface area contributed by atoms with E-state index in [0.29, 0.717) is 11.1 Å². The lowest BCUT2D eigenvalue weighted by molar-refractivity contribution is 0.0945. The first-order valence-corrected chi connectivity index (χ1v) is 7.58. The van der Waals surface area contributed by atoms with E-state index < -0.39 is 6.10 Å². The van der Waals surface area contributed by atoms with Crippen molar-refractivity contribution < 1.29 is 9.84 Å². The molecular weight excluding hydrogens is 316 g/mol. The van der Waals surface area contributed by atoms with E-state index in [1.165, 1.54) is 6.42 Å². The minimum Gasteiger partial charge on any atom is -0.388 e. The molecule has 1 fully saturated rings. The van der Waals surface area contributed by atoms with Crippen molar-refractivity contribution in [3.05, 3.63) is 33.3 Å². The third kappa shape index (κ3) is 3.95. The van der Waals surface area contributed by atoms with Gasteiger partial charge in [-0.3, -0.25) is 0 Å². The Labute approximate surface area is 121 Å². The monoisotopic (exact) mass is 332 g/mol. The molecule has 2 rings (SSSR count). The normalized spacial score (nSPS) is 21.2. The molecule has 1 aliphatic heterocycles. The summed E-state index contributed by atoms with van der Waals surface area (Å²) in [5.74, 6) is 0. The topological polar surface area (TPSA) is 29.5 Å². The maximum atomic E-state index is 10.2. The fourth-order valence-corrected chi connectivity index (χ4v) is 2.96. The Kier molecular flexibility index (Phi) is 5.49. The maximum absolute atomic E-state index is 10.2. The van der Waals surface area contributed by atoms with Crippen molar-refractivity contribution in [1.82, 2.24) is 0 Å². The number of rotatable bonds is 5. The lowest BCUT2D eigenvalue weighted by Gasteiger charge is -2.14. The molecule has 2 atom stereocenters. The highest BCUT2D eigenvalue weighted by molar-refractivity contribution is 9.10. The van der Waals surface area contributed by atoms with Crippen LogP contribution in [0.5, 0.6) is 0 Å². The van der Waals surface area contributed by atoms with Gasteiger partial charge in [-0.2, -0.15) is 0 Å². The van der Waals surface area contributed by atoms with E-state index in [-0.39, 0.29) is 0 Å². The number of benzene rings is 1. The van der Waals surface area contributed by atoms with Crippen LogP contribution in [0.4, 0.5) is 0 Å². The van der Waals surface area contributed by atoms with E-state index in [1.54, 1.807) is 0 Å². The summed E-state index contributed by atoms with van der Waals surface area (Å²) in [6.45, 7) is 0.894. The molecule has 1 saturated heterocycles. The summed E-state index contributed by atoms with van der Waals surface area (Å²) in [6.07, 6.45) is 4.97. The van der Waals surface area contributed by atoms with Gasteiger partial charge in [0, 0.05) is 21.7 Å². The predicted molar refractivity (Wildman–Crippen MR) is 76.9 cm³/mol. The summed E-state index contributed by atoms with van der Waals surface area (Å²) in [5, 5.41) is 10.8. The molecule has 0 radical (unpaired) electrons. The van der Waals surface area contributed by atoms with Crippen molar-refractivity contribution in [3.8, 4) is 0 Å². The van der Waals surface area contributed by atoms with Gasteiger partial charge in [0.2, 0.25) is 0 Å². The van der Waals surface area contributed by atoms with E-state index in [0.717, 1.165) is 42.3 Å². The molecule has 18 heavy (non-hydrogen) atoms. The standard InChI is InChI=1S/C14H18BrClO2/c15-10-6-7-13(16)12(9-10)14(17)5-1-3-11-4-2-8-18-11/h6-7,9,11,14,17H,1-5,8H2. The van der Waals surface area contributed by atoms with E-state index in [4.69, 9.17) is 16.3 Å². The summed E-state index contributed by atoms with van der Waals surface area (Å²) in [4.78, 5) is 0. The van der Waals surface area contributed by atoms with E-state index >= 15 is 0 Å². The van der Waals surface area contributed by atoms with Crippen LogP contribution in [-0.4, -0.2) is 17.8 Å². The number of halogens is 2. The summed E-state index contributed by atoms with van der Waals surface area (Å²) >= 11 is 9.49. The number of aliphatic hydroxyl groups is 1. The minimum atomic E-state index is -0.489. The molecule has 1 aliphatic rings. The molecule has 2 nitrogen and oxygen atoms in total. The second kappa shape index (κ2) is 6.90. The lowest BCUT2D eigenvalue weighted by atomic mass is 10.0. The highest BCUT2D eigenvalue weighted by atomic mass is 79.9. The quantitative estimate of drug-likeness (QED) is 0.860. The van der Waals surface area contributed by atoms with Crippen LogP contribution in [0, 0.1) is 0 Å². The van der Waals surface area contributed by atoms with Crippen LogP contribution >= 0.6 is 27.5 Å². The number of ether oxygens (including phenoxy) is 1. The lowest BCUT2D eigenvalue weighted by Crippen LogP contribution is -2.06. The Morgan fingerprint density at radius 2 is 2.33 bits per heavy atom. The zero-order valence-corrected chi connectivity index (χ0v) is 12.6. The largest absolute Gasteiger partial charge is 0.388 e. The molecule has 1 aromatic carbocycles. The summed E-state index contributed by atoms with van der Waals surface area (Å²) < 4.78 is 6.51. The van der Waals surface area contributed by atoms with Gasteiger partial charge in [-0.25, -0.2) is 0 Å². The first-order valence-electron chi connectivity index (χ1n) is 6.41. The molecule has 0 amide bonds. The van der Waals surface area contributed by atoms with Gasteiger partial charge in [0.1, 0.15) is 0 Å². The first-order chi connectivity index (χ1) is 8.66. The minimum absolute atomic E-state index is 0.398.